The molecule has 0 aliphatic carbocycles. The summed E-state index contributed by atoms with van der Waals surface area (Å²) in [7, 11) is 4.89. The van der Waals surface area contributed by atoms with Gasteiger partial charge in [-0.2, -0.15) is 5.10 Å². The first-order chi connectivity index (χ1) is 10.1. The van der Waals surface area contributed by atoms with Crippen LogP contribution in [0, 0.1) is 6.92 Å². The largest absolute Gasteiger partial charge is 0.496 e. The molecule has 0 aliphatic heterocycles. The number of nitrogens with zero attached hydrogens (tertiary/aromatic N) is 2. The smallest absolute Gasteiger partial charge is 0.254 e. The van der Waals surface area contributed by atoms with E-state index in [0.29, 0.717) is 23.6 Å². The van der Waals surface area contributed by atoms with Gasteiger partial charge < -0.3 is 14.4 Å². The number of carbonyl (C=O) groups excluding carboxylic acids is 1. The second-order valence-corrected chi connectivity index (χ2v) is 4.77. The fourth-order valence-electron chi connectivity index (χ4n) is 2.14. The summed E-state index contributed by atoms with van der Waals surface area (Å²) in [6.45, 7) is 2.37. The second-order valence-electron chi connectivity index (χ2n) is 4.77. The molecular weight excluding hydrogens is 270 g/mol. The molecule has 0 spiro atoms. The minimum atomic E-state index is -0.104. The van der Waals surface area contributed by atoms with Crippen LogP contribution in [0.4, 0.5) is 0 Å². The first-order valence-corrected chi connectivity index (χ1v) is 6.52. The predicted molar refractivity (Wildman–Crippen MR) is 78.7 cm³/mol. The quantitative estimate of drug-likeness (QED) is 0.914. The molecule has 6 nitrogen and oxygen atoms in total. The molecule has 0 bridgehead atoms. The summed E-state index contributed by atoms with van der Waals surface area (Å²) in [5.74, 6) is 1.16. The van der Waals surface area contributed by atoms with Gasteiger partial charge in [-0.05, 0) is 19.1 Å². The number of H-pyrrole nitrogens is 1. The molecule has 6 heteroatoms. The van der Waals surface area contributed by atoms with Crippen molar-refractivity contribution in [1.29, 1.82) is 0 Å². The van der Waals surface area contributed by atoms with Crippen LogP contribution in [-0.4, -0.2) is 42.3 Å². The SMILES string of the molecule is COc1cc(C(=O)N(C)Cc2cn[nH]c2)cc(OC)c1C. The highest BCUT2D eigenvalue weighted by molar-refractivity contribution is 5.95. The van der Waals surface area contributed by atoms with Crippen molar-refractivity contribution in [3.05, 3.63) is 41.2 Å². The molecule has 1 aromatic carbocycles. The van der Waals surface area contributed by atoms with Gasteiger partial charge in [-0.15, -0.1) is 0 Å². The summed E-state index contributed by atoms with van der Waals surface area (Å²) >= 11 is 0. The minimum absolute atomic E-state index is 0.104. The molecule has 0 aliphatic rings. The summed E-state index contributed by atoms with van der Waals surface area (Å²) in [5.41, 5.74) is 2.34. The lowest BCUT2D eigenvalue weighted by Crippen LogP contribution is -2.26. The molecule has 0 fully saturated rings. The van der Waals surface area contributed by atoms with Crippen molar-refractivity contribution in [1.82, 2.24) is 15.1 Å². The predicted octanol–water partition coefficient (Wildman–Crippen LogP) is 2.01. The molecule has 112 valence electrons. The number of benzene rings is 1. The number of aromatic amines is 1. The Morgan fingerprint density at radius 2 is 1.90 bits per heavy atom. The topological polar surface area (TPSA) is 67.5 Å². The third-order valence-corrected chi connectivity index (χ3v) is 3.32. The lowest BCUT2D eigenvalue weighted by Gasteiger charge is -2.18. The van der Waals surface area contributed by atoms with Gasteiger partial charge in [-0.3, -0.25) is 9.89 Å². The Bertz CT molecular complexity index is 598. The van der Waals surface area contributed by atoms with Gasteiger partial charge in [0.2, 0.25) is 0 Å². The lowest BCUT2D eigenvalue weighted by molar-refractivity contribution is 0.0784. The fourth-order valence-corrected chi connectivity index (χ4v) is 2.14. The summed E-state index contributed by atoms with van der Waals surface area (Å²) in [6, 6.07) is 3.46. The zero-order valence-corrected chi connectivity index (χ0v) is 12.6. The van der Waals surface area contributed by atoms with Gasteiger partial charge >= 0.3 is 0 Å². The molecule has 1 N–H and O–H groups in total. The van der Waals surface area contributed by atoms with Gasteiger partial charge in [0.15, 0.2) is 0 Å². The third kappa shape index (κ3) is 3.16. The molecule has 2 aromatic rings. The Kier molecular flexibility index (Phi) is 4.47. The van der Waals surface area contributed by atoms with E-state index >= 15 is 0 Å². The first kappa shape index (κ1) is 14.9. The highest BCUT2D eigenvalue weighted by Gasteiger charge is 2.17. The molecule has 0 radical (unpaired) electrons. The van der Waals surface area contributed by atoms with E-state index in [2.05, 4.69) is 10.2 Å². The van der Waals surface area contributed by atoms with E-state index in [4.69, 9.17) is 9.47 Å². The van der Waals surface area contributed by atoms with E-state index < -0.39 is 0 Å². The van der Waals surface area contributed by atoms with E-state index in [-0.39, 0.29) is 5.91 Å². The molecule has 1 heterocycles. The molecule has 0 atom stereocenters. The van der Waals surface area contributed by atoms with Gasteiger partial charge in [0.05, 0.1) is 20.4 Å². The van der Waals surface area contributed by atoms with Crippen molar-refractivity contribution in [3.63, 3.8) is 0 Å². The van der Waals surface area contributed by atoms with Crippen molar-refractivity contribution >= 4 is 5.91 Å². The van der Waals surface area contributed by atoms with E-state index in [0.717, 1.165) is 11.1 Å². The van der Waals surface area contributed by atoms with Crippen LogP contribution in [0.2, 0.25) is 0 Å². The number of amides is 1. The van der Waals surface area contributed by atoms with Crippen molar-refractivity contribution in [2.75, 3.05) is 21.3 Å². The van der Waals surface area contributed by atoms with E-state index in [9.17, 15) is 4.79 Å². The van der Waals surface area contributed by atoms with Gasteiger partial charge in [0.1, 0.15) is 11.5 Å². The Hall–Kier alpha value is -2.50. The number of ether oxygens (including phenoxy) is 2. The Morgan fingerprint density at radius 1 is 1.29 bits per heavy atom. The summed E-state index contributed by atoms with van der Waals surface area (Å²) in [4.78, 5) is 14.1. The number of rotatable bonds is 5. The summed E-state index contributed by atoms with van der Waals surface area (Å²) < 4.78 is 10.6. The summed E-state index contributed by atoms with van der Waals surface area (Å²) in [5, 5.41) is 6.60. The monoisotopic (exact) mass is 289 g/mol. The van der Waals surface area contributed by atoms with Crippen LogP contribution < -0.4 is 9.47 Å². The van der Waals surface area contributed by atoms with E-state index in [1.807, 2.05) is 6.92 Å². The maximum Gasteiger partial charge on any atom is 0.254 e. The number of hydrogen-bond donors (Lipinski definition) is 1. The van der Waals surface area contributed by atoms with Crippen LogP contribution in [0.25, 0.3) is 0 Å². The molecule has 0 unspecified atom stereocenters. The van der Waals surface area contributed by atoms with Crippen LogP contribution in [0.1, 0.15) is 21.5 Å². The van der Waals surface area contributed by atoms with Crippen LogP contribution in [0.3, 0.4) is 0 Å². The second kappa shape index (κ2) is 6.30. The fraction of sp³-hybridized carbons (Fsp3) is 0.333. The lowest BCUT2D eigenvalue weighted by atomic mass is 10.1. The molecular formula is C15H19N3O3. The highest BCUT2D eigenvalue weighted by atomic mass is 16.5. The average Bonchev–Trinajstić information content (AvgIpc) is 2.99. The number of aromatic nitrogens is 2. The van der Waals surface area contributed by atoms with Crippen molar-refractivity contribution in [2.24, 2.45) is 0 Å². The van der Waals surface area contributed by atoms with E-state index in [1.165, 1.54) is 0 Å². The molecule has 1 amide bonds. The highest BCUT2D eigenvalue weighted by Crippen LogP contribution is 2.30. The molecule has 2 rings (SSSR count). The Balaban J connectivity index is 2.26. The third-order valence-electron chi connectivity index (χ3n) is 3.32. The average molecular weight is 289 g/mol. The van der Waals surface area contributed by atoms with Crippen LogP contribution in [0.5, 0.6) is 11.5 Å². The van der Waals surface area contributed by atoms with Gasteiger partial charge in [-0.25, -0.2) is 0 Å². The molecule has 21 heavy (non-hydrogen) atoms. The molecule has 0 saturated carbocycles. The van der Waals surface area contributed by atoms with Gasteiger partial charge in [0, 0.05) is 36.5 Å². The Labute approximate surface area is 123 Å². The van der Waals surface area contributed by atoms with Crippen LogP contribution in [0.15, 0.2) is 24.5 Å². The normalized spacial score (nSPS) is 10.3. The number of methoxy groups -OCH3 is 2. The Morgan fingerprint density at radius 3 is 2.38 bits per heavy atom. The van der Waals surface area contributed by atoms with Gasteiger partial charge in [-0.1, -0.05) is 0 Å². The maximum absolute atomic E-state index is 12.5. The number of hydrogen-bond acceptors (Lipinski definition) is 4. The maximum atomic E-state index is 12.5. The van der Waals surface area contributed by atoms with Crippen molar-refractivity contribution in [2.45, 2.75) is 13.5 Å². The molecule has 1 aromatic heterocycles. The summed E-state index contributed by atoms with van der Waals surface area (Å²) in [6.07, 6.45) is 3.46. The minimum Gasteiger partial charge on any atom is -0.496 e. The van der Waals surface area contributed by atoms with E-state index in [1.54, 1.807) is 50.7 Å². The zero-order valence-electron chi connectivity index (χ0n) is 12.6. The zero-order chi connectivity index (χ0) is 15.4. The van der Waals surface area contributed by atoms with Crippen molar-refractivity contribution in [3.8, 4) is 11.5 Å². The number of carbonyl (C=O) groups is 1. The van der Waals surface area contributed by atoms with Crippen LogP contribution >= 0.6 is 0 Å². The molecule has 0 saturated heterocycles. The van der Waals surface area contributed by atoms with Crippen molar-refractivity contribution < 1.29 is 14.3 Å². The first-order valence-electron chi connectivity index (χ1n) is 6.52. The van der Waals surface area contributed by atoms with Crippen LogP contribution in [-0.2, 0) is 6.54 Å². The van der Waals surface area contributed by atoms with Gasteiger partial charge in [0.25, 0.3) is 5.91 Å². The number of nitrogens with one attached hydrogen (secondary N) is 1. The standard InChI is InChI=1S/C15H19N3O3/c1-10-13(20-3)5-12(6-14(10)21-4)15(19)18(2)9-11-7-16-17-8-11/h5-8H,9H2,1-4H3,(H,16,17).